The fourth-order valence-corrected chi connectivity index (χ4v) is 5.93. The van der Waals surface area contributed by atoms with E-state index in [9.17, 15) is 14.0 Å². The van der Waals surface area contributed by atoms with Crippen LogP contribution in [0.25, 0.3) is 22.2 Å². The summed E-state index contributed by atoms with van der Waals surface area (Å²) in [6, 6.07) is 7.78. The molecule has 1 saturated carbocycles. The molecule has 7 nitrogen and oxygen atoms in total. The maximum absolute atomic E-state index is 14.0. The van der Waals surface area contributed by atoms with Gasteiger partial charge in [-0.1, -0.05) is 19.3 Å². The molecule has 1 aliphatic carbocycles. The van der Waals surface area contributed by atoms with Crippen molar-refractivity contribution in [2.24, 2.45) is 5.92 Å². The molecule has 2 aromatic heterocycles. The lowest BCUT2D eigenvalue weighted by atomic mass is 9.83. The highest BCUT2D eigenvalue weighted by atomic mass is 19.1. The molecule has 1 saturated heterocycles. The summed E-state index contributed by atoms with van der Waals surface area (Å²) in [6.07, 6.45) is 10.7. The average molecular weight is 506 g/mol. The zero-order valence-corrected chi connectivity index (χ0v) is 21.6. The highest BCUT2D eigenvalue weighted by Gasteiger charge is 2.39. The fraction of sp³-hybridized carbons (Fsp3) is 0.483. The van der Waals surface area contributed by atoms with Crippen molar-refractivity contribution in [3.63, 3.8) is 0 Å². The standard InChI is InChI=1S/C29H36FN5O2/c1-18(31-2)28(36)34-27(19-7-4-3-5-8-19)29(37)35-14-6-9-26(35)20-12-13-32-24(15-20)23-17-33-25-16-21(30)10-11-22(23)25/h10-13,15-19,26-27,31,33H,3-9,14H2,1-2H3,(H,34,36). The molecule has 37 heavy (non-hydrogen) atoms. The number of H-pyrrole nitrogens is 1. The van der Waals surface area contributed by atoms with E-state index in [1.165, 1.54) is 18.6 Å². The van der Waals surface area contributed by atoms with Gasteiger partial charge >= 0.3 is 0 Å². The summed E-state index contributed by atoms with van der Waals surface area (Å²) in [4.78, 5) is 36.5. The third kappa shape index (κ3) is 5.25. The Morgan fingerprint density at radius 2 is 1.92 bits per heavy atom. The Hall–Kier alpha value is -3.26. The van der Waals surface area contributed by atoms with Gasteiger partial charge in [-0.3, -0.25) is 14.6 Å². The number of carbonyl (C=O) groups excluding carboxylic acids is 2. The van der Waals surface area contributed by atoms with E-state index >= 15 is 0 Å². The summed E-state index contributed by atoms with van der Waals surface area (Å²) in [7, 11) is 1.75. The van der Waals surface area contributed by atoms with E-state index in [4.69, 9.17) is 0 Å². The number of aromatic nitrogens is 2. The van der Waals surface area contributed by atoms with E-state index in [0.717, 1.165) is 66.2 Å². The highest BCUT2D eigenvalue weighted by Crippen LogP contribution is 2.37. The largest absolute Gasteiger partial charge is 0.360 e. The second-order valence-corrected chi connectivity index (χ2v) is 10.5. The summed E-state index contributed by atoms with van der Waals surface area (Å²) < 4.78 is 13.7. The monoisotopic (exact) mass is 505 g/mol. The number of carbonyl (C=O) groups is 2. The molecule has 3 N–H and O–H groups in total. The summed E-state index contributed by atoms with van der Waals surface area (Å²) in [5.41, 5.74) is 3.45. The lowest BCUT2D eigenvalue weighted by molar-refractivity contribution is -0.139. The van der Waals surface area contributed by atoms with Gasteiger partial charge in [-0.05, 0) is 81.5 Å². The minimum Gasteiger partial charge on any atom is -0.360 e. The number of hydrogen-bond acceptors (Lipinski definition) is 4. The first kappa shape index (κ1) is 25.4. The molecule has 2 aliphatic rings. The second-order valence-electron chi connectivity index (χ2n) is 10.5. The number of likely N-dealkylation sites (N-methyl/N-ethyl adjacent to an activating group) is 1. The SMILES string of the molecule is CNC(C)C(=O)NC(C(=O)N1CCCC1c1ccnc(-c2c[nH]c3cc(F)ccc23)c1)C1CCCCC1. The van der Waals surface area contributed by atoms with E-state index in [0.29, 0.717) is 6.54 Å². The number of rotatable bonds is 7. The molecular weight excluding hydrogens is 469 g/mol. The first-order valence-electron chi connectivity index (χ1n) is 13.5. The fourth-order valence-electron chi connectivity index (χ4n) is 5.93. The number of nitrogens with one attached hydrogen (secondary N) is 3. The molecule has 2 amide bonds. The summed E-state index contributed by atoms with van der Waals surface area (Å²) in [5.74, 6) is -0.238. The Morgan fingerprint density at radius 3 is 2.70 bits per heavy atom. The van der Waals surface area contributed by atoms with Crippen LogP contribution in [0, 0.1) is 11.7 Å². The molecule has 0 spiro atoms. The van der Waals surface area contributed by atoms with Crippen molar-refractivity contribution in [1.29, 1.82) is 0 Å². The van der Waals surface area contributed by atoms with Gasteiger partial charge in [0.1, 0.15) is 11.9 Å². The van der Waals surface area contributed by atoms with Gasteiger partial charge in [-0.2, -0.15) is 0 Å². The van der Waals surface area contributed by atoms with E-state index in [1.807, 2.05) is 30.2 Å². The van der Waals surface area contributed by atoms with E-state index in [2.05, 4.69) is 20.6 Å². The Kier molecular flexibility index (Phi) is 7.55. The molecule has 3 atom stereocenters. The number of pyridine rings is 1. The number of benzene rings is 1. The third-order valence-electron chi connectivity index (χ3n) is 8.14. The van der Waals surface area contributed by atoms with Crippen LogP contribution in [0.2, 0.25) is 0 Å². The van der Waals surface area contributed by atoms with Crippen LogP contribution >= 0.6 is 0 Å². The van der Waals surface area contributed by atoms with Gasteiger partial charge in [0.05, 0.1) is 17.8 Å². The van der Waals surface area contributed by atoms with Crippen LogP contribution in [0.4, 0.5) is 4.39 Å². The lowest BCUT2D eigenvalue weighted by Crippen LogP contribution is -2.55. The van der Waals surface area contributed by atoms with Crippen molar-refractivity contribution >= 4 is 22.7 Å². The molecule has 1 aliphatic heterocycles. The van der Waals surface area contributed by atoms with E-state index in [1.54, 1.807) is 19.3 Å². The van der Waals surface area contributed by atoms with Gasteiger partial charge in [0.15, 0.2) is 0 Å². The molecule has 196 valence electrons. The molecule has 3 unspecified atom stereocenters. The molecular formula is C29H36FN5O2. The maximum atomic E-state index is 14.0. The van der Waals surface area contributed by atoms with Gasteiger partial charge in [-0.25, -0.2) is 4.39 Å². The smallest absolute Gasteiger partial charge is 0.245 e. The van der Waals surface area contributed by atoms with Gasteiger partial charge in [-0.15, -0.1) is 0 Å². The number of amides is 2. The molecule has 5 rings (SSSR count). The van der Waals surface area contributed by atoms with Crippen LogP contribution in [0.15, 0.2) is 42.7 Å². The lowest BCUT2D eigenvalue weighted by Gasteiger charge is -2.35. The number of likely N-dealkylation sites (tertiary alicyclic amines) is 1. The minimum atomic E-state index is -0.506. The average Bonchev–Trinajstić information content (AvgIpc) is 3.58. The van der Waals surface area contributed by atoms with Crippen LogP contribution in [0.5, 0.6) is 0 Å². The van der Waals surface area contributed by atoms with Gasteiger partial charge < -0.3 is 20.5 Å². The normalized spacial score (nSPS) is 20.2. The second kappa shape index (κ2) is 11.0. The molecule has 3 aromatic rings. The quantitative estimate of drug-likeness (QED) is 0.434. The number of hydrogen-bond donors (Lipinski definition) is 3. The highest BCUT2D eigenvalue weighted by molar-refractivity contribution is 5.94. The topological polar surface area (TPSA) is 90.1 Å². The van der Waals surface area contributed by atoms with Crippen molar-refractivity contribution in [3.8, 4) is 11.3 Å². The van der Waals surface area contributed by atoms with E-state index in [-0.39, 0.29) is 35.6 Å². The number of halogens is 1. The molecule has 8 heteroatoms. The number of aromatic amines is 1. The van der Waals surface area contributed by atoms with Gasteiger partial charge in [0, 0.05) is 35.4 Å². The van der Waals surface area contributed by atoms with Gasteiger partial charge in [0.2, 0.25) is 11.8 Å². The first-order chi connectivity index (χ1) is 18.0. The Morgan fingerprint density at radius 1 is 1.11 bits per heavy atom. The molecule has 2 fully saturated rings. The Bertz CT molecular complexity index is 1270. The molecule has 0 radical (unpaired) electrons. The third-order valence-corrected chi connectivity index (χ3v) is 8.14. The summed E-state index contributed by atoms with van der Waals surface area (Å²) in [5, 5.41) is 7.00. The predicted octanol–water partition coefficient (Wildman–Crippen LogP) is 4.71. The van der Waals surface area contributed by atoms with Crippen molar-refractivity contribution in [1.82, 2.24) is 25.5 Å². The maximum Gasteiger partial charge on any atom is 0.245 e. The van der Waals surface area contributed by atoms with Crippen LogP contribution < -0.4 is 10.6 Å². The molecule has 3 heterocycles. The molecule has 0 bridgehead atoms. The van der Waals surface area contributed by atoms with Crippen LogP contribution in [-0.4, -0.2) is 52.4 Å². The van der Waals surface area contributed by atoms with Crippen molar-refractivity contribution < 1.29 is 14.0 Å². The first-order valence-corrected chi connectivity index (χ1v) is 13.5. The summed E-state index contributed by atoms with van der Waals surface area (Å²) >= 11 is 0. The van der Waals surface area contributed by atoms with Gasteiger partial charge in [0.25, 0.3) is 0 Å². The van der Waals surface area contributed by atoms with Crippen LogP contribution in [-0.2, 0) is 9.59 Å². The zero-order chi connectivity index (χ0) is 25.9. The predicted molar refractivity (Wildman–Crippen MR) is 142 cm³/mol. The van der Waals surface area contributed by atoms with E-state index < -0.39 is 6.04 Å². The Labute approximate surface area is 217 Å². The van der Waals surface area contributed by atoms with Crippen molar-refractivity contribution in [2.75, 3.05) is 13.6 Å². The van der Waals surface area contributed by atoms with Crippen LogP contribution in [0.3, 0.4) is 0 Å². The minimum absolute atomic E-state index is 0.0204. The molecule has 1 aromatic carbocycles. The Balaban J connectivity index is 1.42. The number of fused-ring (bicyclic) bond motifs is 1. The van der Waals surface area contributed by atoms with Crippen LogP contribution in [0.1, 0.15) is 63.5 Å². The zero-order valence-electron chi connectivity index (χ0n) is 21.6. The number of nitrogens with zero attached hydrogens (tertiary/aromatic N) is 2. The summed E-state index contributed by atoms with van der Waals surface area (Å²) in [6.45, 7) is 2.49. The van der Waals surface area contributed by atoms with Crippen molar-refractivity contribution in [2.45, 2.75) is 70.0 Å². The van der Waals surface area contributed by atoms with Crippen molar-refractivity contribution in [3.05, 3.63) is 54.1 Å².